The Morgan fingerprint density at radius 2 is 1.80 bits per heavy atom. The van der Waals surface area contributed by atoms with Crippen molar-refractivity contribution in [2.45, 2.75) is 6.04 Å². The second kappa shape index (κ2) is 8.47. The normalized spacial score (nSPS) is 16.3. The van der Waals surface area contributed by atoms with E-state index in [2.05, 4.69) is 0 Å². The van der Waals surface area contributed by atoms with E-state index in [1.54, 1.807) is 48.5 Å². The molecule has 3 aromatic rings. The third-order valence-electron chi connectivity index (χ3n) is 4.46. The van der Waals surface area contributed by atoms with Gasteiger partial charge in [0.25, 0.3) is 5.91 Å². The van der Waals surface area contributed by atoms with E-state index in [1.165, 1.54) is 6.08 Å². The van der Waals surface area contributed by atoms with Crippen LogP contribution in [0.3, 0.4) is 0 Å². The van der Waals surface area contributed by atoms with Crippen molar-refractivity contribution in [2.75, 3.05) is 0 Å². The molecule has 0 unspecified atom stereocenters. The van der Waals surface area contributed by atoms with Crippen LogP contribution in [-0.2, 0) is 9.59 Å². The second-order valence-electron chi connectivity index (χ2n) is 6.37. The first-order chi connectivity index (χ1) is 14.5. The van der Waals surface area contributed by atoms with Gasteiger partial charge in [-0.2, -0.15) is 0 Å². The molecule has 150 valence electrons. The number of carbonyl (C=O) groups is 2. The molecule has 0 saturated carbocycles. The van der Waals surface area contributed by atoms with Gasteiger partial charge in [0.05, 0.1) is 15.9 Å². The van der Waals surface area contributed by atoms with Crippen LogP contribution < -0.4 is 5.11 Å². The van der Waals surface area contributed by atoms with Crippen LogP contribution in [0.25, 0.3) is 17.4 Å². The molecule has 0 bridgehead atoms. The summed E-state index contributed by atoms with van der Waals surface area (Å²) in [6, 6.07) is 17.8. The summed E-state index contributed by atoms with van der Waals surface area (Å²) >= 11 is 12.5. The molecule has 2 heterocycles. The zero-order valence-corrected chi connectivity index (χ0v) is 17.7. The number of nitrogens with zero attached hydrogens (tertiary/aromatic N) is 1. The SMILES string of the molecule is O=C([O-])[C@@H](c1ccccc1)N1C(=O)/C(=C/c2ccc(-c3ccccc3Cl)o2)SC1=S. The average Bonchev–Trinajstić information content (AvgIpc) is 3.29. The summed E-state index contributed by atoms with van der Waals surface area (Å²) in [5.41, 5.74) is 1.14. The van der Waals surface area contributed by atoms with Crippen molar-refractivity contribution >= 4 is 57.9 Å². The van der Waals surface area contributed by atoms with E-state index < -0.39 is 17.9 Å². The number of hydrogen-bond acceptors (Lipinski definition) is 6. The summed E-state index contributed by atoms with van der Waals surface area (Å²) in [7, 11) is 0. The van der Waals surface area contributed by atoms with Crippen molar-refractivity contribution in [1.82, 2.24) is 4.90 Å². The van der Waals surface area contributed by atoms with Gasteiger partial charge in [-0.3, -0.25) is 9.69 Å². The molecule has 1 fully saturated rings. The Labute approximate surface area is 186 Å². The fourth-order valence-corrected chi connectivity index (χ4v) is 4.62. The Morgan fingerprint density at radius 1 is 1.10 bits per heavy atom. The van der Waals surface area contributed by atoms with E-state index in [0.717, 1.165) is 22.2 Å². The number of thioether (sulfide) groups is 1. The molecule has 0 radical (unpaired) electrons. The van der Waals surface area contributed by atoms with Crippen molar-refractivity contribution in [1.29, 1.82) is 0 Å². The third-order valence-corrected chi connectivity index (χ3v) is 6.12. The van der Waals surface area contributed by atoms with Gasteiger partial charge in [0.1, 0.15) is 21.9 Å². The topological polar surface area (TPSA) is 73.6 Å². The van der Waals surface area contributed by atoms with E-state index in [0.29, 0.717) is 22.1 Å². The Balaban J connectivity index is 1.64. The number of benzene rings is 2. The first kappa shape index (κ1) is 20.4. The van der Waals surface area contributed by atoms with Crippen LogP contribution in [0.15, 0.2) is 76.1 Å². The number of carbonyl (C=O) groups excluding carboxylic acids is 2. The van der Waals surface area contributed by atoms with Crippen molar-refractivity contribution in [3.05, 3.63) is 88.0 Å². The zero-order valence-electron chi connectivity index (χ0n) is 15.3. The number of amides is 1. The molecule has 30 heavy (non-hydrogen) atoms. The van der Waals surface area contributed by atoms with Gasteiger partial charge in [0.2, 0.25) is 0 Å². The predicted molar refractivity (Wildman–Crippen MR) is 118 cm³/mol. The number of carboxylic acids is 1. The maximum atomic E-state index is 13.0. The largest absolute Gasteiger partial charge is 0.547 e. The van der Waals surface area contributed by atoms with Crippen LogP contribution in [0.4, 0.5) is 0 Å². The van der Waals surface area contributed by atoms with Gasteiger partial charge in [-0.15, -0.1) is 0 Å². The van der Waals surface area contributed by atoms with Gasteiger partial charge >= 0.3 is 0 Å². The first-order valence-electron chi connectivity index (χ1n) is 8.83. The van der Waals surface area contributed by atoms with Gasteiger partial charge in [-0.05, 0) is 29.8 Å². The van der Waals surface area contributed by atoms with Gasteiger partial charge in [0, 0.05) is 11.6 Å². The Bertz CT molecular complexity index is 1170. The molecule has 1 aliphatic rings. The molecule has 1 saturated heterocycles. The minimum atomic E-state index is -1.40. The molecular weight excluding hydrogens is 442 g/mol. The molecule has 5 nitrogen and oxygen atoms in total. The molecule has 2 aromatic carbocycles. The molecule has 1 atom stereocenters. The van der Waals surface area contributed by atoms with Crippen molar-refractivity contribution < 1.29 is 19.1 Å². The Kier molecular flexibility index (Phi) is 5.76. The molecule has 4 rings (SSSR count). The monoisotopic (exact) mass is 454 g/mol. The number of carboxylic acid groups (broad SMARTS) is 1. The fraction of sp³-hybridized carbons (Fsp3) is 0.0455. The lowest BCUT2D eigenvalue weighted by molar-refractivity contribution is -0.310. The van der Waals surface area contributed by atoms with Crippen LogP contribution in [0.5, 0.6) is 0 Å². The highest BCUT2D eigenvalue weighted by molar-refractivity contribution is 8.26. The summed E-state index contributed by atoms with van der Waals surface area (Å²) in [5, 5.41) is 12.4. The van der Waals surface area contributed by atoms with Crippen LogP contribution in [0, 0.1) is 0 Å². The van der Waals surface area contributed by atoms with Crippen molar-refractivity contribution in [3.63, 3.8) is 0 Å². The van der Waals surface area contributed by atoms with Gasteiger partial charge in [-0.1, -0.05) is 78.0 Å². The quantitative estimate of drug-likeness (QED) is 0.423. The lowest BCUT2D eigenvalue weighted by atomic mass is 10.1. The molecule has 0 N–H and O–H groups in total. The number of thiocarbonyl (C=S) groups is 1. The fourth-order valence-electron chi connectivity index (χ4n) is 3.09. The van der Waals surface area contributed by atoms with Crippen molar-refractivity contribution in [3.8, 4) is 11.3 Å². The van der Waals surface area contributed by atoms with Crippen molar-refractivity contribution in [2.24, 2.45) is 0 Å². The zero-order chi connectivity index (χ0) is 21.3. The van der Waals surface area contributed by atoms with E-state index in [9.17, 15) is 14.7 Å². The summed E-state index contributed by atoms with van der Waals surface area (Å²) in [5.74, 6) is -0.939. The number of halogens is 1. The number of rotatable bonds is 5. The minimum absolute atomic E-state index is 0.141. The van der Waals surface area contributed by atoms with Gasteiger partial charge < -0.3 is 14.3 Å². The highest BCUT2D eigenvalue weighted by Crippen LogP contribution is 2.39. The second-order valence-corrected chi connectivity index (χ2v) is 8.45. The predicted octanol–water partition coefficient (Wildman–Crippen LogP) is 4.29. The average molecular weight is 455 g/mol. The van der Waals surface area contributed by atoms with E-state index >= 15 is 0 Å². The van der Waals surface area contributed by atoms with Gasteiger partial charge in [-0.25, -0.2) is 0 Å². The summed E-state index contributed by atoms with van der Waals surface area (Å²) in [4.78, 5) is 26.1. The number of furan rings is 1. The van der Waals surface area contributed by atoms with E-state index in [-0.39, 0.29) is 9.23 Å². The number of aliphatic carboxylic acids is 1. The highest BCUT2D eigenvalue weighted by Gasteiger charge is 2.38. The Morgan fingerprint density at radius 3 is 2.50 bits per heavy atom. The third kappa shape index (κ3) is 3.92. The molecule has 0 aliphatic carbocycles. The lowest BCUT2D eigenvalue weighted by Crippen LogP contribution is -2.43. The van der Waals surface area contributed by atoms with Crippen LogP contribution in [-0.4, -0.2) is 21.1 Å². The molecule has 8 heteroatoms. The highest BCUT2D eigenvalue weighted by atomic mass is 35.5. The van der Waals surface area contributed by atoms with E-state index in [1.807, 2.05) is 18.2 Å². The summed E-state index contributed by atoms with van der Waals surface area (Å²) < 4.78 is 5.95. The maximum Gasteiger partial charge on any atom is 0.267 e. The van der Waals surface area contributed by atoms with Crippen LogP contribution in [0.2, 0.25) is 5.02 Å². The smallest absolute Gasteiger partial charge is 0.267 e. The molecule has 1 aliphatic heterocycles. The lowest BCUT2D eigenvalue weighted by Gasteiger charge is -2.27. The Hall–Kier alpha value is -2.87. The van der Waals surface area contributed by atoms with Crippen LogP contribution >= 0.6 is 35.6 Å². The molecular formula is C22H13ClNO4S2-. The summed E-state index contributed by atoms with van der Waals surface area (Å²) in [6.07, 6.45) is 1.54. The van der Waals surface area contributed by atoms with Gasteiger partial charge in [0.15, 0.2) is 0 Å². The molecule has 0 spiro atoms. The minimum Gasteiger partial charge on any atom is -0.547 e. The number of hydrogen-bond donors (Lipinski definition) is 0. The van der Waals surface area contributed by atoms with Crippen LogP contribution in [0.1, 0.15) is 17.4 Å². The maximum absolute atomic E-state index is 13.0. The summed E-state index contributed by atoms with van der Waals surface area (Å²) in [6.45, 7) is 0. The van der Waals surface area contributed by atoms with E-state index in [4.69, 9.17) is 28.2 Å². The molecule has 1 amide bonds. The first-order valence-corrected chi connectivity index (χ1v) is 10.4. The standard InChI is InChI=1S/C22H14ClNO4S2/c23-16-9-5-4-8-15(16)17-11-10-14(28-17)12-18-20(25)24(22(29)30-18)19(21(26)27)13-6-2-1-3-7-13/h1-12,19H,(H,26,27)/p-1/b18-12-/t19-/m1/s1. The molecule has 1 aromatic heterocycles.